The molecule has 90 valence electrons. The average Bonchev–Trinajstić information content (AvgIpc) is 3.10. The molecule has 5 nitrogen and oxygen atoms in total. The Hall–Kier alpha value is -1.91. The average molecular weight is 234 g/mol. The van der Waals surface area contributed by atoms with Crippen LogP contribution < -0.4 is 5.32 Å². The van der Waals surface area contributed by atoms with Gasteiger partial charge in [0.1, 0.15) is 6.04 Å². The van der Waals surface area contributed by atoms with Crippen molar-refractivity contribution in [1.82, 2.24) is 10.3 Å². The predicted molar refractivity (Wildman–Crippen MR) is 60.6 cm³/mol. The molecule has 17 heavy (non-hydrogen) atoms. The third-order valence-corrected chi connectivity index (χ3v) is 2.82. The van der Waals surface area contributed by atoms with Gasteiger partial charge in [-0.1, -0.05) is 0 Å². The highest BCUT2D eigenvalue weighted by Gasteiger charge is 2.37. The lowest BCUT2D eigenvalue weighted by atomic mass is 10.1. The van der Waals surface area contributed by atoms with Crippen molar-refractivity contribution in [3.63, 3.8) is 0 Å². The first-order valence-corrected chi connectivity index (χ1v) is 5.54. The number of amides is 1. The van der Waals surface area contributed by atoms with Crippen molar-refractivity contribution in [3.05, 3.63) is 29.6 Å². The highest BCUT2D eigenvalue weighted by molar-refractivity contribution is 5.96. The first-order chi connectivity index (χ1) is 8.08. The van der Waals surface area contributed by atoms with Crippen molar-refractivity contribution in [2.75, 3.05) is 0 Å². The molecule has 1 amide bonds. The minimum atomic E-state index is -0.971. The fourth-order valence-electron chi connectivity index (χ4n) is 1.64. The standard InChI is InChI=1S/C12H14N2O3/c1-7-2-3-9(6-13-7)11(15)14-10(12(16)17)8-4-5-8/h2-3,6,8,10H,4-5H2,1H3,(H,14,15)(H,16,17). The lowest BCUT2D eigenvalue weighted by Gasteiger charge is -2.13. The molecule has 5 heteroatoms. The van der Waals surface area contributed by atoms with E-state index in [9.17, 15) is 9.59 Å². The van der Waals surface area contributed by atoms with Gasteiger partial charge >= 0.3 is 5.97 Å². The monoisotopic (exact) mass is 234 g/mol. The summed E-state index contributed by atoms with van der Waals surface area (Å²) >= 11 is 0. The number of nitrogens with zero attached hydrogens (tertiary/aromatic N) is 1. The van der Waals surface area contributed by atoms with Crippen LogP contribution in [0, 0.1) is 12.8 Å². The lowest BCUT2D eigenvalue weighted by molar-refractivity contribution is -0.139. The zero-order valence-corrected chi connectivity index (χ0v) is 9.51. The first kappa shape index (κ1) is 11.6. The van der Waals surface area contributed by atoms with Gasteiger partial charge in [-0.05, 0) is 37.8 Å². The summed E-state index contributed by atoms with van der Waals surface area (Å²) in [6.45, 7) is 1.83. The molecular weight excluding hydrogens is 220 g/mol. The quantitative estimate of drug-likeness (QED) is 0.814. The van der Waals surface area contributed by atoms with Gasteiger partial charge in [-0.2, -0.15) is 0 Å². The summed E-state index contributed by atoms with van der Waals surface area (Å²) in [5.74, 6) is -1.27. The maximum Gasteiger partial charge on any atom is 0.326 e. The number of carbonyl (C=O) groups excluding carboxylic acids is 1. The maximum absolute atomic E-state index is 11.8. The third kappa shape index (κ3) is 2.81. The Morgan fingerprint density at radius 1 is 1.47 bits per heavy atom. The summed E-state index contributed by atoms with van der Waals surface area (Å²) in [4.78, 5) is 26.8. The van der Waals surface area contributed by atoms with E-state index in [1.807, 2.05) is 6.92 Å². The number of aryl methyl sites for hydroxylation is 1. The Morgan fingerprint density at radius 3 is 2.65 bits per heavy atom. The minimum Gasteiger partial charge on any atom is -0.480 e. The molecule has 0 saturated heterocycles. The molecule has 2 rings (SSSR count). The topological polar surface area (TPSA) is 79.3 Å². The summed E-state index contributed by atoms with van der Waals surface area (Å²) < 4.78 is 0. The zero-order chi connectivity index (χ0) is 12.4. The number of carboxylic acids is 1. The molecule has 1 unspecified atom stereocenters. The number of aromatic nitrogens is 1. The number of hydrogen-bond acceptors (Lipinski definition) is 3. The molecule has 1 heterocycles. The summed E-state index contributed by atoms with van der Waals surface area (Å²) in [5.41, 5.74) is 1.21. The van der Waals surface area contributed by atoms with E-state index in [1.165, 1.54) is 6.20 Å². The molecule has 0 aromatic carbocycles. The second-order valence-electron chi connectivity index (χ2n) is 4.32. The van der Waals surface area contributed by atoms with E-state index in [1.54, 1.807) is 12.1 Å². The molecule has 1 aliphatic carbocycles. The van der Waals surface area contributed by atoms with Gasteiger partial charge < -0.3 is 10.4 Å². The first-order valence-electron chi connectivity index (χ1n) is 5.54. The number of rotatable bonds is 4. The predicted octanol–water partition coefficient (Wildman–Crippen LogP) is 0.983. The molecule has 0 aliphatic heterocycles. The molecule has 1 aromatic rings. The van der Waals surface area contributed by atoms with E-state index in [2.05, 4.69) is 10.3 Å². The zero-order valence-electron chi connectivity index (χ0n) is 9.51. The summed E-state index contributed by atoms with van der Waals surface area (Å²) in [5, 5.41) is 11.5. The maximum atomic E-state index is 11.8. The van der Waals surface area contributed by atoms with Crippen LogP contribution in [-0.4, -0.2) is 28.0 Å². The van der Waals surface area contributed by atoms with Crippen LogP contribution in [-0.2, 0) is 4.79 Å². The Kier molecular flexibility index (Phi) is 3.08. The van der Waals surface area contributed by atoms with Gasteiger partial charge in [0.15, 0.2) is 0 Å². The Labute approximate surface area is 98.9 Å². The van der Waals surface area contributed by atoms with Crippen LogP contribution in [0.5, 0.6) is 0 Å². The Morgan fingerprint density at radius 2 is 2.18 bits per heavy atom. The van der Waals surface area contributed by atoms with Crippen LogP contribution in [0.15, 0.2) is 18.3 Å². The highest BCUT2D eigenvalue weighted by Crippen LogP contribution is 2.32. The van der Waals surface area contributed by atoms with E-state index >= 15 is 0 Å². The summed E-state index contributed by atoms with van der Waals surface area (Å²) in [6, 6.07) is 2.59. The molecule has 1 fully saturated rings. The number of pyridine rings is 1. The molecule has 1 saturated carbocycles. The van der Waals surface area contributed by atoms with E-state index in [0.717, 1.165) is 18.5 Å². The fourth-order valence-corrected chi connectivity index (χ4v) is 1.64. The van der Waals surface area contributed by atoms with E-state index in [0.29, 0.717) is 5.56 Å². The second-order valence-corrected chi connectivity index (χ2v) is 4.32. The van der Waals surface area contributed by atoms with Crippen LogP contribution in [0.1, 0.15) is 28.9 Å². The number of carbonyl (C=O) groups is 2. The smallest absolute Gasteiger partial charge is 0.326 e. The van der Waals surface area contributed by atoms with Gasteiger partial charge in [-0.15, -0.1) is 0 Å². The van der Waals surface area contributed by atoms with Gasteiger partial charge in [0.2, 0.25) is 0 Å². The molecule has 0 spiro atoms. The Bertz CT molecular complexity index is 438. The van der Waals surface area contributed by atoms with Crippen molar-refractivity contribution in [3.8, 4) is 0 Å². The van der Waals surface area contributed by atoms with Gasteiger partial charge in [0, 0.05) is 11.9 Å². The molecule has 0 bridgehead atoms. The van der Waals surface area contributed by atoms with Crippen molar-refractivity contribution in [1.29, 1.82) is 0 Å². The lowest BCUT2D eigenvalue weighted by Crippen LogP contribution is -2.42. The molecular formula is C12H14N2O3. The minimum absolute atomic E-state index is 0.0786. The highest BCUT2D eigenvalue weighted by atomic mass is 16.4. The molecule has 1 aliphatic rings. The van der Waals surface area contributed by atoms with Crippen molar-refractivity contribution < 1.29 is 14.7 Å². The van der Waals surface area contributed by atoms with Gasteiger partial charge in [0.05, 0.1) is 5.56 Å². The third-order valence-electron chi connectivity index (χ3n) is 2.82. The second kappa shape index (κ2) is 4.53. The number of carboxylic acid groups (broad SMARTS) is 1. The van der Waals surface area contributed by atoms with Crippen LogP contribution in [0.25, 0.3) is 0 Å². The number of hydrogen-bond donors (Lipinski definition) is 2. The van der Waals surface area contributed by atoms with Gasteiger partial charge in [0.25, 0.3) is 5.91 Å². The Balaban J connectivity index is 2.04. The molecule has 0 radical (unpaired) electrons. The van der Waals surface area contributed by atoms with Crippen molar-refractivity contribution in [2.24, 2.45) is 5.92 Å². The van der Waals surface area contributed by atoms with Crippen LogP contribution in [0.4, 0.5) is 0 Å². The van der Waals surface area contributed by atoms with Crippen LogP contribution >= 0.6 is 0 Å². The van der Waals surface area contributed by atoms with Crippen molar-refractivity contribution in [2.45, 2.75) is 25.8 Å². The summed E-state index contributed by atoms with van der Waals surface area (Å²) in [6.07, 6.45) is 3.18. The van der Waals surface area contributed by atoms with E-state index in [-0.39, 0.29) is 11.8 Å². The SMILES string of the molecule is Cc1ccc(C(=O)NC(C(=O)O)C2CC2)cn1. The largest absolute Gasteiger partial charge is 0.480 e. The fraction of sp³-hybridized carbons (Fsp3) is 0.417. The van der Waals surface area contributed by atoms with Crippen molar-refractivity contribution >= 4 is 11.9 Å². The number of aliphatic carboxylic acids is 1. The van der Waals surface area contributed by atoms with Gasteiger partial charge in [-0.25, -0.2) is 4.79 Å². The van der Waals surface area contributed by atoms with Crippen LogP contribution in [0.3, 0.4) is 0 Å². The summed E-state index contributed by atoms with van der Waals surface area (Å²) in [7, 11) is 0. The molecule has 1 aromatic heterocycles. The number of nitrogens with one attached hydrogen (secondary N) is 1. The molecule has 2 N–H and O–H groups in total. The van der Waals surface area contributed by atoms with E-state index < -0.39 is 12.0 Å². The van der Waals surface area contributed by atoms with E-state index in [4.69, 9.17) is 5.11 Å². The van der Waals surface area contributed by atoms with Crippen LogP contribution in [0.2, 0.25) is 0 Å². The van der Waals surface area contributed by atoms with Gasteiger partial charge in [-0.3, -0.25) is 9.78 Å². The molecule has 1 atom stereocenters. The normalized spacial score (nSPS) is 16.3.